The molecule has 1 aliphatic heterocycles. The topological polar surface area (TPSA) is 70.7 Å². The molecule has 3 heterocycles. The number of aromatic nitrogens is 3. The van der Waals surface area contributed by atoms with Crippen molar-refractivity contribution in [2.24, 2.45) is 0 Å². The number of nitrogens with zero attached hydrogens (tertiary/aromatic N) is 2. The Labute approximate surface area is 111 Å². The van der Waals surface area contributed by atoms with Gasteiger partial charge in [0.2, 0.25) is 0 Å². The zero-order valence-electron chi connectivity index (χ0n) is 10.6. The molecule has 0 aromatic carbocycles. The number of rotatable bonds is 2. The van der Waals surface area contributed by atoms with Crippen LogP contribution in [-0.2, 0) is 12.8 Å². The van der Waals surface area contributed by atoms with Gasteiger partial charge >= 0.3 is 5.69 Å². The van der Waals surface area contributed by atoms with Gasteiger partial charge in [0.1, 0.15) is 5.82 Å². The smallest absolute Gasteiger partial charge is 0.347 e. The highest BCUT2D eigenvalue weighted by Gasteiger charge is 2.15. The normalized spacial score (nSPS) is 14.3. The van der Waals surface area contributed by atoms with E-state index in [1.807, 2.05) is 18.2 Å². The van der Waals surface area contributed by atoms with Gasteiger partial charge in [0.15, 0.2) is 0 Å². The lowest BCUT2D eigenvalue weighted by Gasteiger charge is -2.11. The highest BCUT2D eigenvalue weighted by Crippen LogP contribution is 2.21. The minimum absolute atomic E-state index is 0.293. The number of hydrogen-bond donors (Lipinski definition) is 2. The molecule has 19 heavy (non-hydrogen) atoms. The third-order valence-corrected chi connectivity index (χ3v) is 3.35. The van der Waals surface area contributed by atoms with Gasteiger partial charge in [-0.3, -0.25) is 4.98 Å². The molecule has 2 aromatic rings. The van der Waals surface area contributed by atoms with Crippen LogP contribution in [0.25, 0.3) is 0 Å². The Kier molecular flexibility index (Phi) is 3.27. The molecule has 0 unspecified atom stereocenters. The van der Waals surface area contributed by atoms with Gasteiger partial charge in [0.25, 0.3) is 0 Å². The van der Waals surface area contributed by atoms with Gasteiger partial charge in [0, 0.05) is 36.1 Å². The molecule has 3 rings (SSSR count). The summed E-state index contributed by atoms with van der Waals surface area (Å²) >= 11 is 0. The van der Waals surface area contributed by atoms with Crippen molar-refractivity contribution >= 4 is 5.82 Å². The molecule has 0 saturated heterocycles. The number of hydrogen-bond acceptors (Lipinski definition) is 4. The van der Waals surface area contributed by atoms with Crippen LogP contribution in [0.5, 0.6) is 0 Å². The quantitative estimate of drug-likeness (QED) is 0.854. The first-order valence-corrected chi connectivity index (χ1v) is 6.59. The second kappa shape index (κ2) is 5.22. The minimum Gasteiger partial charge on any atom is -0.370 e. The number of pyridine rings is 1. The molecule has 0 bridgehead atoms. The molecule has 2 N–H and O–H groups in total. The number of anilines is 1. The zero-order chi connectivity index (χ0) is 13.1. The van der Waals surface area contributed by atoms with Gasteiger partial charge in [-0.05, 0) is 31.4 Å². The van der Waals surface area contributed by atoms with E-state index in [4.69, 9.17) is 0 Å². The van der Waals surface area contributed by atoms with Crippen molar-refractivity contribution < 1.29 is 0 Å². The van der Waals surface area contributed by atoms with E-state index < -0.39 is 0 Å². The number of nitrogens with one attached hydrogen (secondary N) is 2. The van der Waals surface area contributed by atoms with Crippen LogP contribution < -0.4 is 11.0 Å². The molecule has 2 aromatic heterocycles. The molecular formula is C14H16N4O. The van der Waals surface area contributed by atoms with Crippen molar-refractivity contribution in [2.45, 2.75) is 25.7 Å². The molecule has 0 spiro atoms. The third-order valence-electron chi connectivity index (χ3n) is 3.35. The maximum atomic E-state index is 11.6. The molecule has 0 amide bonds. The van der Waals surface area contributed by atoms with Gasteiger partial charge in [0.05, 0.1) is 0 Å². The predicted octanol–water partition coefficient (Wildman–Crippen LogP) is 1.50. The molecule has 98 valence electrons. The summed E-state index contributed by atoms with van der Waals surface area (Å²) in [6.45, 7) is 0.881. The summed E-state index contributed by atoms with van der Waals surface area (Å²) in [5.41, 5.74) is 2.72. The lowest BCUT2D eigenvalue weighted by Crippen LogP contribution is -2.19. The van der Waals surface area contributed by atoms with E-state index in [9.17, 15) is 4.79 Å². The average Bonchev–Trinajstić information content (AvgIpc) is 2.65. The van der Waals surface area contributed by atoms with Crippen LogP contribution in [0, 0.1) is 0 Å². The fourth-order valence-corrected chi connectivity index (χ4v) is 2.43. The van der Waals surface area contributed by atoms with Crippen molar-refractivity contribution in [3.63, 3.8) is 0 Å². The fourth-order valence-electron chi connectivity index (χ4n) is 2.43. The summed E-state index contributed by atoms with van der Waals surface area (Å²) in [6.07, 6.45) is 5.58. The summed E-state index contributed by atoms with van der Waals surface area (Å²) in [4.78, 5) is 22.8. The second-order valence-corrected chi connectivity index (χ2v) is 4.73. The van der Waals surface area contributed by atoms with Crippen LogP contribution in [0.15, 0.2) is 29.2 Å². The van der Waals surface area contributed by atoms with Gasteiger partial charge < -0.3 is 10.3 Å². The van der Waals surface area contributed by atoms with E-state index in [0.717, 1.165) is 48.6 Å². The monoisotopic (exact) mass is 256 g/mol. The Morgan fingerprint density at radius 3 is 3.05 bits per heavy atom. The summed E-state index contributed by atoms with van der Waals surface area (Å²) in [5.74, 6) is 0.743. The molecule has 0 atom stereocenters. The van der Waals surface area contributed by atoms with E-state index >= 15 is 0 Å². The SMILES string of the molecule is O=c1nc2c(c(Cc3ccccn3)[nH]1)CCCCN2. The molecule has 1 aliphatic rings. The van der Waals surface area contributed by atoms with Gasteiger partial charge in [-0.2, -0.15) is 4.98 Å². The molecule has 0 aliphatic carbocycles. The molecule has 0 fully saturated rings. The highest BCUT2D eigenvalue weighted by atomic mass is 16.1. The lowest BCUT2D eigenvalue weighted by molar-refractivity contribution is 0.775. The van der Waals surface area contributed by atoms with E-state index in [-0.39, 0.29) is 5.69 Å². The van der Waals surface area contributed by atoms with Crippen LogP contribution >= 0.6 is 0 Å². The maximum Gasteiger partial charge on any atom is 0.347 e. The van der Waals surface area contributed by atoms with Gasteiger partial charge in [-0.25, -0.2) is 4.79 Å². The standard InChI is InChI=1S/C14H16N4O/c19-14-17-12(9-10-5-1-3-7-15-10)11-6-2-4-8-16-13(11)18-14/h1,3,5,7H,2,4,6,8-9H2,(H2,16,17,18,19). The summed E-state index contributed by atoms with van der Waals surface area (Å²) < 4.78 is 0. The largest absolute Gasteiger partial charge is 0.370 e. The fraction of sp³-hybridized carbons (Fsp3) is 0.357. The first-order valence-electron chi connectivity index (χ1n) is 6.59. The summed E-state index contributed by atoms with van der Waals surface area (Å²) in [7, 11) is 0. The van der Waals surface area contributed by atoms with Crippen LogP contribution in [0.1, 0.15) is 29.8 Å². The summed E-state index contributed by atoms with van der Waals surface area (Å²) in [6, 6.07) is 5.81. The van der Waals surface area contributed by atoms with Crippen LogP contribution in [0.3, 0.4) is 0 Å². The first-order chi connectivity index (χ1) is 9.33. The van der Waals surface area contributed by atoms with Crippen LogP contribution in [0.2, 0.25) is 0 Å². The second-order valence-electron chi connectivity index (χ2n) is 4.73. The minimum atomic E-state index is -0.293. The Balaban J connectivity index is 2.01. The number of H-pyrrole nitrogens is 1. The van der Waals surface area contributed by atoms with Crippen LogP contribution in [-0.4, -0.2) is 21.5 Å². The first kappa shape index (κ1) is 11.9. The molecule has 5 nitrogen and oxygen atoms in total. The maximum absolute atomic E-state index is 11.6. The Bertz CT molecular complexity index is 621. The number of aromatic amines is 1. The van der Waals surface area contributed by atoms with E-state index in [2.05, 4.69) is 20.3 Å². The molecule has 0 radical (unpaired) electrons. The third kappa shape index (κ3) is 2.65. The molecule has 0 saturated carbocycles. The zero-order valence-corrected chi connectivity index (χ0v) is 10.6. The Morgan fingerprint density at radius 2 is 2.21 bits per heavy atom. The molecular weight excluding hydrogens is 240 g/mol. The van der Waals surface area contributed by atoms with E-state index in [1.54, 1.807) is 6.20 Å². The van der Waals surface area contributed by atoms with Crippen molar-refractivity contribution in [2.75, 3.05) is 11.9 Å². The van der Waals surface area contributed by atoms with Crippen molar-refractivity contribution in [1.82, 2.24) is 15.0 Å². The Morgan fingerprint density at radius 1 is 1.26 bits per heavy atom. The van der Waals surface area contributed by atoms with Crippen molar-refractivity contribution in [3.05, 3.63) is 51.8 Å². The van der Waals surface area contributed by atoms with Gasteiger partial charge in [-0.15, -0.1) is 0 Å². The van der Waals surface area contributed by atoms with E-state index in [1.165, 1.54) is 0 Å². The van der Waals surface area contributed by atoms with Crippen LogP contribution in [0.4, 0.5) is 5.82 Å². The van der Waals surface area contributed by atoms with Crippen molar-refractivity contribution in [1.29, 1.82) is 0 Å². The summed E-state index contributed by atoms with van der Waals surface area (Å²) in [5, 5.41) is 3.24. The number of fused-ring (bicyclic) bond motifs is 1. The highest BCUT2D eigenvalue weighted by molar-refractivity contribution is 5.47. The molecule has 5 heteroatoms. The van der Waals surface area contributed by atoms with Gasteiger partial charge in [-0.1, -0.05) is 6.07 Å². The van der Waals surface area contributed by atoms with E-state index in [0.29, 0.717) is 6.42 Å². The Hall–Kier alpha value is -2.17. The average molecular weight is 256 g/mol. The predicted molar refractivity (Wildman–Crippen MR) is 73.3 cm³/mol. The lowest BCUT2D eigenvalue weighted by atomic mass is 10.0. The van der Waals surface area contributed by atoms with Crippen molar-refractivity contribution in [3.8, 4) is 0 Å².